The van der Waals surface area contributed by atoms with E-state index in [1.54, 1.807) is 29.0 Å². The summed E-state index contributed by atoms with van der Waals surface area (Å²) >= 11 is 2.92. The number of sulfonamides is 1. The quantitative estimate of drug-likeness (QED) is 0.0108. The number of sulfone groups is 1. The highest BCUT2D eigenvalue weighted by Crippen LogP contribution is 2.79. The molecule has 2 bridgehead atoms. The molecular formula is C77H99F5N10O10S4. The number of β-amino-alcohol motifs (C(OH)–C–C–N with tert-alkyl or cyclic N) is 1. The van der Waals surface area contributed by atoms with E-state index in [0.717, 1.165) is 83.3 Å². The molecule has 3 saturated heterocycles. The number of amides is 5. The van der Waals surface area contributed by atoms with Crippen LogP contribution in [0.1, 0.15) is 153 Å². The Balaban J connectivity index is 0.640. The number of alkyl halides is 5. The number of thiazole rings is 1. The number of nitrogens with one attached hydrogen (secondary N) is 5. The molecule has 29 heteroatoms. The fourth-order valence-electron chi connectivity index (χ4n) is 16.0. The van der Waals surface area contributed by atoms with Gasteiger partial charge in [0.2, 0.25) is 30.1 Å². The summed E-state index contributed by atoms with van der Waals surface area (Å²) in [4.78, 5) is 80.6. The van der Waals surface area contributed by atoms with E-state index in [1.807, 2.05) is 98.8 Å². The Hall–Kier alpha value is -7.02. The number of carbonyl (C=O) groups excluding carboxylic acids is 5. The molecule has 4 aromatic carbocycles. The van der Waals surface area contributed by atoms with Crippen LogP contribution in [0.25, 0.3) is 10.4 Å². The smallest absolute Gasteiger partial charge is 0.391 e. The van der Waals surface area contributed by atoms with Crippen molar-refractivity contribution in [2.75, 3.05) is 81.4 Å². The number of aromatic nitrogens is 1. The molecule has 5 amide bonds. The zero-order chi connectivity index (χ0) is 76.3. The number of anilines is 2. The van der Waals surface area contributed by atoms with Gasteiger partial charge in [0, 0.05) is 105 Å². The first-order valence-electron chi connectivity index (χ1n) is 36.7. The zero-order valence-electron chi connectivity index (χ0n) is 61.2. The summed E-state index contributed by atoms with van der Waals surface area (Å²) in [7, 11) is -11.2. The van der Waals surface area contributed by atoms with Crippen LogP contribution in [0.3, 0.4) is 0 Å². The molecule has 0 radical (unpaired) electrons. The lowest BCUT2D eigenvalue weighted by Gasteiger charge is -2.72. The van der Waals surface area contributed by atoms with Gasteiger partial charge in [0.15, 0.2) is 0 Å². The van der Waals surface area contributed by atoms with Crippen LogP contribution in [0.15, 0.2) is 128 Å². The van der Waals surface area contributed by atoms with Crippen molar-refractivity contribution in [3.63, 3.8) is 0 Å². The van der Waals surface area contributed by atoms with Gasteiger partial charge in [0.05, 0.1) is 44.7 Å². The Morgan fingerprint density at radius 1 is 0.821 bits per heavy atom. The van der Waals surface area contributed by atoms with E-state index in [2.05, 4.69) is 49.9 Å². The van der Waals surface area contributed by atoms with Crippen molar-refractivity contribution >= 4 is 83.9 Å². The first-order chi connectivity index (χ1) is 50.0. The maximum atomic E-state index is 14.6. The SMILES string of the molecule is Cc1ncsc1-c1ccc([C@H](C)NC(=O)[C@@H]2C[C@@H](O)CN2C(=O)C(NC(=O)CCCCCNC(=O)C2CCN(CCC(CSc3ccccc3)Nc3ccc(S(=O)(=O)NC(=O)c4ccc(N5CCN(CC6=C(C78CC(C(F)F)(C7)C8)CC(C)(C)CC6)CC5)cc4)cc3S(=O)(=O)C(F)(F)F)C2)C(C)(C)C)cc1. The van der Waals surface area contributed by atoms with Gasteiger partial charge in [-0.05, 0) is 167 Å². The minimum absolute atomic E-state index is 0.0449. The topological polar surface area (TPSA) is 260 Å². The van der Waals surface area contributed by atoms with Gasteiger partial charge in [-0.2, -0.15) is 13.2 Å². The summed E-state index contributed by atoms with van der Waals surface area (Å²) in [5.41, 5.74) is 0.247. The number of hydrogen-bond donors (Lipinski definition) is 6. The number of carbonyl (C=O) groups is 5. The molecule has 3 saturated carbocycles. The Morgan fingerprint density at radius 3 is 2.17 bits per heavy atom. The lowest BCUT2D eigenvalue weighted by molar-refractivity contribution is -0.250. The lowest BCUT2D eigenvalue weighted by Crippen LogP contribution is -2.66. The van der Waals surface area contributed by atoms with Crippen LogP contribution in [0.2, 0.25) is 0 Å². The first kappa shape index (κ1) is 80.0. The number of likely N-dealkylation sites (tertiary alicyclic amines) is 2. The van der Waals surface area contributed by atoms with E-state index in [9.17, 15) is 67.9 Å². The van der Waals surface area contributed by atoms with Crippen molar-refractivity contribution < 1.29 is 67.9 Å². The summed E-state index contributed by atoms with van der Waals surface area (Å²) in [6.07, 6.45) is 3.97. The number of thioether (sulfide) groups is 1. The summed E-state index contributed by atoms with van der Waals surface area (Å²) in [6.45, 7) is 18.9. The molecule has 4 aliphatic carbocycles. The Morgan fingerprint density at radius 2 is 1.52 bits per heavy atom. The van der Waals surface area contributed by atoms with Crippen molar-refractivity contribution in [2.24, 2.45) is 27.6 Å². The van der Waals surface area contributed by atoms with Crippen LogP contribution in [0.5, 0.6) is 0 Å². The lowest BCUT2D eigenvalue weighted by atomic mass is 9.32. The zero-order valence-corrected chi connectivity index (χ0v) is 64.5. The molecule has 7 aliphatic rings. The van der Waals surface area contributed by atoms with E-state index in [4.69, 9.17) is 0 Å². The van der Waals surface area contributed by atoms with Crippen LogP contribution in [-0.2, 0) is 39.0 Å². The number of halogens is 5. The number of allylic oxidation sites excluding steroid dienone is 1. The third-order valence-electron chi connectivity index (χ3n) is 22.2. The van der Waals surface area contributed by atoms with Crippen LogP contribution in [-0.4, -0.2) is 179 Å². The summed E-state index contributed by atoms with van der Waals surface area (Å²) in [6, 6.07) is 22.4. The number of aliphatic hydroxyl groups excluding tert-OH is 1. The molecular weight excluding hydrogens is 1450 g/mol. The molecule has 576 valence electrons. The Labute approximate surface area is 627 Å². The van der Waals surface area contributed by atoms with E-state index in [-0.39, 0.29) is 65.7 Å². The van der Waals surface area contributed by atoms with Gasteiger partial charge in [-0.1, -0.05) is 94.7 Å². The van der Waals surface area contributed by atoms with Gasteiger partial charge in [-0.3, -0.25) is 28.9 Å². The number of aliphatic hydroxyl groups is 1. The largest absolute Gasteiger partial charge is 0.501 e. The molecule has 5 aromatic rings. The molecule has 6 atom stereocenters. The highest BCUT2D eigenvalue weighted by molar-refractivity contribution is 7.99. The molecule has 3 aliphatic heterocycles. The van der Waals surface area contributed by atoms with E-state index in [0.29, 0.717) is 90.3 Å². The molecule has 1 aromatic heterocycles. The molecule has 3 unspecified atom stereocenters. The summed E-state index contributed by atoms with van der Waals surface area (Å²) in [5.74, 6) is -2.64. The predicted octanol–water partition coefficient (Wildman–Crippen LogP) is 11.9. The van der Waals surface area contributed by atoms with Crippen molar-refractivity contribution in [3.05, 3.63) is 131 Å². The second-order valence-corrected chi connectivity index (χ2v) is 37.3. The number of piperazine rings is 1. The Bertz CT molecular complexity index is 4240. The standard InChI is InChI=1S/C77H99F5N10O10S4/c1-49(51-17-19-52(20-18-51)66-50(2)84-48-104-66)85-70(97)63-38-58(93)43-92(63)71(98)67(73(3,4)5)87-65(94)16-12-9-13-31-83-68(95)55-28-32-89(42-55)33-29-56(44-103-59-14-10-8-11-15-59)86-62-26-25-60(39-64(62)105(99,100)77(80,81)82)106(101,102)88-69(96)53-21-23-57(24-22-53)91-36-34-90(35-37-91)41-54-27-30-74(6,7)40-61(54)75-45-76(46-75,47-75)72(78)79/h8,10-11,14-15,17-26,39,48-49,55-56,58,63,67,72,86,93H,9,12-13,16,27-38,40-47H2,1-7H3,(H,83,95)(H,85,97)(H,87,94)(H,88,96)/t49-,55?,56?,58+,63-,67?,75?,76?/m0/s1. The number of hydrogen-bond acceptors (Lipinski definition) is 17. The maximum Gasteiger partial charge on any atom is 0.501 e. The number of rotatable bonds is 30. The van der Waals surface area contributed by atoms with Crippen LogP contribution in [0, 0.1) is 34.5 Å². The molecule has 12 rings (SSSR count). The average Bonchev–Trinajstić information content (AvgIpc) is 1.02. The van der Waals surface area contributed by atoms with Crippen molar-refractivity contribution in [1.82, 2.24) is 40.4 Å². The molecule has 4 heterocycles. The van der Waals surface area contributed by atoms with E-state index in [1.165, 1.54) is 39.9 Å². The normalized spacial score (nSPS) is 23.0. The van der Waals surface area contributed by atoms with Gasteiger partial charge >= 0.3 is 5.51 Å². The number of nitrogens with zero attached hydrogens (tertiary/aromatic N) is 5. The number of benzene rings is 4. The summed E-state index contributed by atoms with van der Waals surface area (Å²) in [5, 5.41) is 22.7. The van der Waals surface area contributed by atoms with Crippen LogP contribution in [0.4, 0.5) is 33.3 Å². The average molecular weight is 1550 g/mol. The third kappa shape index (κ3) is 18.6. The second kappa shape index (κ2) is 32.7. The van der Waals surface area contributed by atoms with E-state index < -0.39 is 106 Å². The fourth-order valence-corrected chi connectivity index (χ4v) is 19.9. The monoisotopic (exact) mass is 1550 g/mol. The predicted molar refractivity (Wildman–Crippen MR) is 400 cm³/mol. The number of unbranched alkanes of at least 4 members (excludes halogenated alkanes) is 2. The van der Waals surface area contributed by atoms with Gasteiger partial charge < -0.3 is 41.1 Å². The second-order valence-electron chi connectivity index (χ2n) is 31.8. The van der Waals surface area contributed by atoms with Crippen LogP contribution >= 0.6 is 23.1 Å². The molecule has 6 fully saturated rings. The molecule has 0 spiro atoms. The molecule has 20 nitrogen and oxygen atoms in total. The van der Waals surface area contributed by atoms with Crippen molar-refractivity contribution in [2.45, 2.75) is 189 Å². The van der Waals surface area contributed by atoms with Gasteiger partial charge in [-0.25, -0.2) is 35.3 Å². The minimum Gasteiger partial charge on any atom is -0.391 e. The van der Waals surface area contributed by atoms with Gasteiger partial charge in [0.25, 0.3) is 25.8 Å². The first-order valence-corrected chi connectivity index (χ1v) is 41.5. The third-order valence-corrected chi connectivity index (χ3v) is 27.2. The van der Waals surface area contributed by atoms with Crippen molar-refractivity contribution in [1.29, 1.82) is 0 Å². The summed E-state index contributed by atoms with van der Waals surface area (Å²) < 4.78 is 128. The maximum absolute atomic E-state index is 14.6. The van der Waals surface area contributed by atoms with Gasteiger partial charge in [-0.15, -0.1) is 23.1 Å². The minimum atomic E-state index is -6.21. The highest BCUT2D eigenvalue weighted by Gasteiger charge is 2.73. The molecule has 106 heavy (non-hydrogen) atoms. The van der Waals surface area contributed by atoms with Crippen LogP contribution < -0.4 is 30.9 Å². The van der Waals surface area contributed by atoms with Gasteiger partial charge in [0.1, 0.15) is 17.0 Å². The number of aryl methyl sites for hydroxylation is 1. The van der Waals surface area contributed by atoms with Crippen molar-refractivity contribution in [3.8, 4) is 10.4 Å². The Kier molecular flexibility index (Phi) is 24.6. The highest BCUT2D eigenvalue weighted by atomic mass is 32.2. The molecule has 6 N–H and O–H groups in total. The van der Waals surface area contributed by atoms with E-state index >= 15 is 0 Å². The fraction of sp³-hybridized carbons (Fsp3) is 0.558.